The number of para-hydroxylation sites is 2. The van der Waals surface area contributed by atoms with Crippen LogP contribution in [0.1, 0.15) is 6.42 Å². The van der Waals surface area contributed by atoms with Crippen LogP contribution in [-0.4, -0.2) is 54.3 Å². The van der Waals surface area contributed by atoms with E-state index in [0.717, 1.165) is 57.2 Å². The second-order valence-corrected chi connectivity index (χ2v) is 7.34. The minimum atomic E-state index is 0.491. The van der Waals surface area contributed by atoms with Crippen molar-refractivity contribution in [2.75, 3.05) is 60.9 Å². The Morgan fingerprint density at radius 2 is 1.52 bits per heavy atom. The van der Waals surface area contributed by atoms with Crippen LogP contribution in [0.4, 0.5) is 28.7 Å². The van der Waals surface area contributed by atoms with Gasteiger partial charge in [0.15, 0.2) is 11.6 Å². The van der Waals surface area contributed by atoms with E-state index in [1.807, 2.05) is 65.7 Å². The Kier molecular flexibility index (Phi) is 7.15. The number of hydrogen-bond acceptors (Lipinski definition) is 8. The number of ether oxygens (including phenoxy) is 1. The predicted octanol–water partition coefficient (Wildman–Crippen LogP) is 3.36. The molecule has 3 aromatic rings. The molecule has 8 heteroatoms. The van der Waals surface area contributed by atoms with E-state index in [-0.39, 0.29) is 0 Å². The van der Waals surface area contributed by atoms with Crippen LogP contribution in [0.5, 0.6) is 0 Å². The summed E-state index contributed by atoms with van der Waals surface area (Å²) in [5, 5.41) is 5.31. The van der Waals surface area contributed by atoms with Crippen LogP contribution in [0.15, 0.2) is 67.0 Å². The lowest BCUT2D eigenvalue weighted by Crippen LogP contribution is -2.37. The zero-order chi connectivity index (χ0) is 21.3. The second-order valence-electron chi connectivity index (χ2n) is 7.34. The lowest BCUT2D eigenvalue weighted by molar-refractivity contribution is 0.0378. The van der Waals surface area contributed by atoms with Crippen molar-refractivity contribution in [3.63, 3.8) is 0 Å². The van der Waals surface area contributed by atoms with E-state index in [0.29, 0.717) is 17.3 Å². The van der Waals surface area contributed by atoms with Gasteiger partial charge in [0.2, 0.25) is 0 Å². The van der Waals surface area contributed by atoms with Gasteiger partial charge in [0.25, 0.3) is 0 Å². The van der Waals surface area contributed by atoms with E-state index in [2.05, 4.69) is 25.6 Å². The van der Waals surface area contributed by atoms with Crippen molar-refractivity contribution in [3.8, 4) is 0 Å². The topological polar surface area (TPSA) is 91.6 Å². The Bertz CT molecular complexity index is 894. The molecule has 0 saturated carbocycles. The third-order valence-corrected chi connectivity index (χ3v) is 5.18. The van der Waals surface area contributed by atoms with E-state index in [4.69, 9.17) is 10.5 Å². The number of hydrogen-bond donors (Lipinski definition) is 3. The molecule has 0 radical (unpaired) electrons. The van der Waals surface area contributed by atoms with Gasteiger partial charge in [-0.3, -0.25) is 15.3 Å². The second kappa shape index (κ2) is 10.6. The summed E-state index contributed by atoms with van der Waals surface area (Å²) in [4.78, 5) is 11.1. The number of anilines is 5. The highest BCUT2D eigenvalue weighted by Gasteiger charge is 2.14. The minimum Gasteiger partial charge on any atom is -0.393 e. The molecule has 0 amide bonds. The molecule has 0 atom stereocenters. The number of nitrogens with zero attached hydrogens (tertiary/aromatic N) is 4. The molecular formula is C23H29N7O. The van der Waals surface area contributed by atoms with Crippen LogP contribution >= 0.6 is 0 Å². The Labute approximate surface area is 183 Å². The average Bonchev–Trinajstić information content (AvgIpc) is 2.84. The van der Waals surface area contributed by atoms with Crippen molar-refractivity contribution >= 4 is 28.7 Å². The molecule has 1 aliphatic heterocycles. The van der Waals surface area contributed by atoms with E-state index < -0.39 is 0 Å². The molecule has 2 heterocycles. The molecule has 0 spiro atoms. The molecule has 0 bridgehead atoms. The molecule has 0 aliphatic carbocycles. The summed E-state index contributed by atoms with van der Waals surface area (Å²) in [5.41, 5.74) is 12.2. The van der Waals surface area contributed by atoms with Gasteiger partial charge in [-0.2, -0.15) is 0 Å². The summed E-state index contributed by atoms with van der Waals surface area (Å²) in [6.07, 6.45) is 2.53. The van der Waals surface area contributed by atoms with Crippen LogP contribution in [0.2, 0.25) is 0 Å². The number of hydrazine groups is 1. The number of aromatic nitrogens is 2. The van der Waals surface area contributed by atoms with Crippen molar-refractivity contribution in [1.29, 1.82) is 0 Å². The quantitative estimate of drug-likeness (QED) is 0.359. The Balaban J connectivity index is 1.43. The van der Waals surface area contributed by atoms with Gasteiger partial charge >= 0.3 is 0 Å². The van der Waals surface area contributed by atoms with Gasteiger partial charge in [0.05, 0.1) is 24.6 Å². The molecule has 1 saturated heterocycles. The summed E-state index contributed by atoms with van der Waals surface area (Å²) in [7, 11) is 0. The summed E-state index contributed by atoms with van der Waals surface area (Å²) < 4.78 is 5.40. The molecule has 4 rings (SSSR count). The molecule has 1 aliphatic rings. The first-order valence-electron chi connectivity index (χ1n) is 10.6. The first kappa shape index (κ1) is 20.9. The van der Waals surface area contributed by atoms with Crippen molar-refractivity contribution in [3.05, 3.63) is 67.0 Å². The van der Waals surface area contributed by atoms with Crippen LogP contribution in [0, 0.1) is 0 Å². The molecule has 0 unspecified atom stereocenters. The zero-order valence-corrected chi connectivity index (χ0v) is 17.6. The third kappa shape index (κ3) is 5.62. The smallest absolute Gasteiger partial charge is 0.173 e. The van der Waals surface area contributed by atoms with Crippen LogP contribution in [-0.2, 0) is 4.74 Å². The summed E-state index contributed by atoms with van der Waals surface area (Å²) in [6.45, 7) is 5.46. The van der Waals surface area contributed by atoms with Crippen LogP contribution < -0.4 is 21.5 Å². The van der Waals surface area contributed by atoms with Gasteiger partial charge in [0, 0.05) is 19.6 Å². The van der Waals surface area contributed by atoms with Gasteiger partial charge in [-0.25, -0.2) is 9.97 Å². The van der Waals surface area contributed by atoms with Crippen LogP contribution in [0.3, 0.4) is 0 Å². The third-order valence-electron chi connectivity index (χ3n) is 5.18. The highest BCUT2D eigenvalue weighted by atomic mass is 16.5. The largest absolute Gasteiger partial charge is 0.393 e. The van der Waals surface area contributed by atoms with E-state index >= 15 is 0 Å². The maximum Gasteiger partial charge on any atom is 0.173 e. The minimum absolute atomic E-state index is 0.491. The predicted molar refractivity (Wildman–Crippen MR) is 125 cm³/mol. The summed E-state index contributed by atoms with van der Waals surface area (Å²) >= 11 is 0. The number of benzene rings is 2. The molecule has 1 fully saturated rings. The Morgan fingerprint density at radius 1 is 0.903 bits per heavy atom. The van der Waals surface area contributed by atoms with E-state index in [1.54, 1.807) is 0 Å². The normalized spacial score (nSPS) is 14.2. The van der Waals surface area contributed by atoms with Crippen molar-refractivity contribution < 1.29 is 4.74 Å². The van der Waals surface area contributed by atoms with Crippen molar-refractivity contribution in [1.82, 2.24) is 14.9 Å². The maximum absolute atomic E-state index is 6.41. The molecular weight excluding hydrogens is 390 g/mol. The highest BCUT2D eigenvalue weighted by molar-refractivity contribution is 5.77. The van der Waals surface area contributed by atoms with Gasteiger partial charge < -0.3 is 15.8 Å². The zero-order valence-electron chi connectivity index (χ0n) is 17.6. The molecule has 2 aromatic carbocycles. The number of nitrogen functional groups attached to an aromatic ring is 1. The monoisotopic (exact) mass is 419 g/mol. The van der Waals surface area contributed by atoms with E-state index in [1.165, 1.54) is 6.33 Å². The summed E-state index contributed by atoms with van der Waals surface area (Å²) in [5.74, 6) is 1.19. The first-order chi connectivity index (χ1) is 15.3. The average molecular weight is 420 g/mol. The SMILES string of the molecule is Nc1c(NCCCN2CCOCC2)ncnc1NN(c1ccccc1)c1ccccc1. The molecule has 4 N–H and O–H groups in total. The number of nitrogens with one attached hydrogen (secondary N) is 2. The number of rotatable bonds is 9. The molecule has 8 nitrogen and oxygen atoms in total. The molecule has 31 heavy (non-hydrogen) atoms. The van der Waals surface area contributed by atoms with Crippen LogP contribution in [0.25, 0.3) is 0 Å². The number of morpholine rings is 1. The van der Waals surface area contributed by atoms with Gasteiger partial charge in [0.1, 0.15) is 12.0 Å². The fraction of sp³-hybridized carbons (Fsp3) is 0.304. The fourth-order valence-corrected chi connectivity index (χ4v) is 3.50. The lowest BCUT2D eigenvalue weighted by Gasteiger charge is -2.27. The maximum atomic E-state index is 6.41. The van der Waals surface area contributed by atoms with Gasteiger partial charge in [-0.05, 0) is 37.2 Å². The Morgan fingerprint density at radius 3 is 2.16 bits per heavy atom. The lowest BCUT2D eigenvalue weighted by atomic mass is 10.2. The molecule has 162 valence electrons. The Hall–Kier alpha value is -3.36. The molecule has 1 aromatic heterocycles. The van der Waals surface area contributed by atoms with Gasteiger partial charge in [-0.15, -0.1) is 0 Å². The highest BCUT2D eigenvalue weighted by Crippen LogP contribution is 2.29. The van der Waals surface area contributed by atoms with Crippen molar-refractivity contribution in [2.45, 2.75) is 6.42 Å². The van der Waals surface area contributed by atoms with Gasteiger partial charge in [-0.1, -0.05) is 36.4 Å². The number of nitrogens with two attached hydrogens (primary N) is 1. The first-order valence-corrected chi connectivity index (χ1v) is 10.6. The summed E-state index contributed by atoms with van der Waals surface area (Å²) in [6, 6.07) is 20.1. The standard InChI is InChI=1S/C23H29N7O/c24-21-22(25-12-7-13-29-14-16-31-17-15-29)26-18-27-23(21)28-30(19-8-3-1-4-9-19)20-10-5-2-6-11-20/h1-6,8-11,18H,7,12-17,24H2,(H2,25,26,27,28). The van der Waals surface area contributed by atoms with Crippen molar-refractivity contribution in [2.24, 2.45) is 0 Å². The van der Waals surface area contributed by atoms with E-state index in [9.17, 15) is 0 Å². The fourth-order valence-electron chi connectivity index (χ4n) is 3.50.